The molecule has 1 rings (SSSR count). The summed E-state index contributed by atoms with van der Waals surface area (Å²) < 4.78 is 0. The fourth-order valence-corrected chi connectivity index (χ4v) is 2.65. The van der Waals surface area contributed by atoms with Crippen molar-refractivity contribution in [2.24, 2.45) is 5.92 Å². The van der Waals surface area contributed by atoms with Gasteiger partial charge in [0.15, 0.2) is 0 Å². The summed E-state index contributed by atoms with van der Waals surface area (Å²) in [4.78, 5) is 26.1. The maximum atomic E-state index is 12.6. The monoisotopic (exact) mass is 283 g/mol. The molecule has 0 spiro atoms. The van der Waals surface area contributed by atoms with Crippen molar-refractivity contribution in [3.05, 3.63) is 0 Å². The predicted octanol–water partition coefficient (Wildman–Crippen LogP) is 1.14. The van der Waals surface area contributed by atoms with Gasteiger partial charge in [0.1, 0.15) is 0 Å². The lowest BCUT2D eigenvalue weighted by molar-refractivity contribution is -0.140. The van der Waals surface area contributed by atoms with Gasteiger partial charge in [-0.15, -0.1) is 0 Å². The molecular formula is C15H29N3O2. The second kappa shape index (κ2) is 8.95. The Kier molecular flexibility index (Phi) is 7.59. The second-order valence-electron chi connectivity index (χ2n) is 5.69. The molecule has 1 heterocycles. The zero-order valence-electron chi connectivity index (χ0n) is 13.1. The first-order chi connectivity index (χ1) is 9.58. The highest BCUT2D eigenvalue weighted by molar-refractivity contribution is 5.86. The van der Waals surface area contributed by atoms with Crippen molar-refractivity contribution in [2.75, 3.05) is 26.2 Å². The number of rotatable bonds is 7. The minimum atomic E-state index is -0.0457. The van der Waals surface area contributed by atoms with Gasteiger partial charge in [-0.25, -0.2) is 0 Å². The molecule has 5 nitrogen and oxygen atoms in total. The van der Waals surface area contributed by atoms with Crippen molar-refractivity contribution in [3.8, 4) is 0 Å². The average molecular weight is 283 g/mol. The highest BCUT2D eigenvalue weighted by Crippen LogP contribution is 2.19. The van der Waals surface area contributed by atoms with Gasteiger partial charge < -0.3 is 15.5 Å². The Bertz CT molecular complexity index is 320. The topological polar surface area (TPSA) is 61.4 Å². The summed E-state index contributed by atoms with van der Waals surface area (Å²) in [6.45, 7) is 8.59. The van der Waals surface area contributed by atoms with Crippen molar-refractivity contribution in [1.82, 2.24) is 15.5 Å². The number of piperidine rings is 1. The van der Waals surface area contributed by atoms with Gasteiger partial charge in [-0.2, -0.15) is 0 Å². The van der Waals surface area contributed by atoms with Crippen molar-refractivity contribution in [2.45, 2.75) is 52.5 Å². The number of hydrogen-bond donors (Lipinski definition) is 2. The standard InChI is InChI=1S/C15H29N3O2/c1-4-7-17-14(19)11-18(9-5-2)15(20)13-6-8-16-12(3)10-13/h12-13,16H,4-11H2,1-3H3,(H,17,19). The average Bonchev–Trinajstić information content (AvgIpc) is 2.44. The van der Waals surface area contributed by atoms with Crippen LogP contribution in [-0.2, 0) is 9.59 Å². The van der Waals surface area contributed by atoms with Crippen LogP contribution in [0.3, 0.4) is 0 Å². The van der Waals surface area contributed by atoms with Gasteiger partial charge in [-0.05, 0) is 39.2 Å². The van der Waals surface area contributed by atoms with Crippen LogP contribution in [0, 0.1) is 5.92 Å². The van der Waals surface area contributed by atoms with Crippen LogP contribution in [-0.4, -0.2) is 48.9 Å². The number of hydrogen-bond acceptors (Lipinski definition) is 3. The molecule has 0 aromatic rings. The van der Waals surface area contributed by atoms with Crippen molar-refractivity contribution in [1.29, 1.82) is 0 Å². The van der Waals surface area contributed by atoms with Gasteiger partial charge in [-0.3, -0.25) is 9.59 Å². The number of carbonyl (C=O) groups is 2. The van der Waals surface area contributed by atoms with Gasteiger partial charge in [0, 0.05) is 25.0 Å². The maximum Gasteiger partial charge on any atom is 0.239 e. The number of nitrogens with one attached hydrogen (secondary N) is 2. The minimum absolute atomic E-state index is 0.0457. The Morgan fingerprint density at radius 3 is 2.65 bits per heavy atom. The summed E-state index contributed by atoms with van der Waals surface area (Å²) in [6, 6.07) is 0.384. The smallest absolute Gasteiger partial charge is 0.239 e. The Balaban J connectivity index is 2.55. The number of carbonyl (C=O) groups excluding carboxylic acids is 2. The van der Waals surface area contributed by atoms with Crippen LogP contribution < -0.4 is 10.6 Å². The van der Waals surface area contributed by atoms with Gasteiger partial charge in [0.05, 0.1) is 6.54 Å². The van der Waals surface area contributed by atoms with Crippen LogP contribution >= 0.6 is 0 Å². The van der Waals surface area contributed by atoms with Crippen LogP contribution in [0.5, 0.6) is 0 Å². The predicted molar refractivity (Wildman–Crippen MR) is 80.4 cm³/mol. The summed E-state index contributed by atoms with van der Waals surface area (Å²) in [6.07, 6.45) is 3.54. The summed E-state index contributed by atoms with van der Waals surface area (Å²) in [5.74, 6) is 0.166. The number of amides is 2. The molecule has 1 saturated heterocycles. The van der Waals surface area contributed by atoms with E-state index < -0.39 is 0 Å². The first kappa shape index (κ1) is 17.0. The van der Waals surface area contributed by atoms with Gasteiger partial charge >= 0.3 is 0 Å². The molecule has 5 heteroatoms. The molecule has 1 fully saturated rings. The molecule has 1 aliphatic heterocycles. The van der Waals surface area contributed by atoms with Gasteiger partial charge in [0.2, 0.25) is 11.8 Å². The summed E-state index contributed by atoms with van der Waals surface area (Å²) in [7, 11) is 0. The molecule has 2 amide bonds. The normalized spacial score (nSPS) is 22.4. The van der Waals surface area contributed by atoms with E-state index in [2.05, 4.69) is 17.6 Å². The summed E-state index contributed by atoms with van der Waals surface area (Å²) in [5.41, 5.74) is 0. The first-order valence-corrected chi connectivity index (χ1v) is 7.87. The molecule has 0 bridgehead atoms. The molecule has 0 aromatic heterocycles. The lowest BCUT2D eigenvalue weighted by Crippen LogP contribution is -2.47. The quantitative estimate of drug-likeness (QED) is 0.736. The Hall–Kier alpha value is -1.10. The van der Waals surface area contributed by atoms with Gasteiger partial charge in [-0.1, -0.05) is 13.8 Å². The third-order valence-electron chi connectivity index (χ3n) is 3.68. The fraction of sp³-hybridized carbons (Fsp3) is 0.867. The van der Waals surface area contributed by atoms with E-state index in [1.165, 1.54) is 0 Å². The third-order valence-corrected chi connectivity index (χ3v) is 3.68. The Morgan fingerprint density at radius 1 is 1.30 bits per heavy atom. The van der Waals surface area contributed by atoms with E-state index in [-0.39, 0.29) is 24.3 Å². The molecule has 2 atom stereocenters. The SMILES string of the molecule is CCCNC(=O)CN(CCC)C(=O)C1CCNC(C)C1. The fourth-order valence-electron chi connectivity index (χ4n) is 2.65. The lowest BCUT2D eigenvalue weighted by atomic mass is 9.92. The van der Waals surface area contributed by atoms with Crippen molar-refractivity contribution < 1.29 is 9.59 Å². The molecule has 0 aromatic carbocycles. The van der Waals surface area contributed by atoms with E-state index in [0.29, 0.717) is 19.1 Å². The molecular weight excluding hydrogens is 254 g/mol. The second-order valence-corrected chi connectivity index (χ2v) is 5.69. The van der Waals surface area contributed by atoms with E-state index in [0.717, 1.165) is 32.2 Å². The van der Waals surface area contributed by atoms with Crippen LogP contribution in [0.25, 0.3) is 0 Å². The Labute approximate surface area is 122 Å². The highest BCUT2D eigenvalue weighted by atomic mass is 16.2. The molecule has 0 radical (unpaired) electrons. The summed E-state index contributed by atoms with van der Waals surface area (Å²) in [5, 5.41) is 6.20. The molecule has 1 aliphatic rings. The van der Waals surface area contributed by atoms with E-state index in [1.54, 1.807) is 4.90 Å². The van der Waals surface area contributed by atoms with Crippen molar-refractivity contribution >= 4 is 11.8 Å². The molecule has 116 valence electrons. The van der Waals surface area contributed by atoms with Crippen LogP contribution in [0.4, 0.5) is 0 Å². The van der Waals surface area contributed by atoms with E-state index >= 15 is 0 Å². The molecule has 0 aliphatic carbocycles. The van der Waals surface area contributed by atoms with E-state index in [4.69, 9.17) is 0 Å². The maximum absolute atomic E-state index is 12.6. The molecule has 0 saturated carbocycles. The van der Waals surface area contributed by atoms with Crippen LogP contribution in [0.2, 0.25) is 0 Å². The molecule has 20 heavy (non-hydrogen) atoms. The third kappa shape index (κ3) is 5.49. The largest absolute Gasteiger partial charge is 0.355 e. The molecule has 2 N–H and O–H groups in total. The van der Waals surface area contributed by atoms with E-state index in [9.17, 15) is 9.59 Å². The van der Waals surface area contributed by atoms with Crippen LogP contribution in [0.15, 0.2) is 0 Å². The zero-order valence-corrected chi connectivity index (χ0v) is 13.1. The zero-order chi connectivity index (χ0) is 15.0. The lowest BCUT2D eigenvalue weighted by Gasteiger charge is -2.31. The summed E-state index contributed by atoms with van der Waals surface area (Å²) >= 11 is 0. The minimum Gasteiger partial charge on any atom is -0.355 e. The number of nitrogens with zero attached hydrogens (tertiary/aromatic N) is 1. The first-order valence-electron chi connectivity index (χ1n) is 7.87. The van der Waals surface area contributed by atoms with Gasteiger partial charge in [0.25, 0.3) is 0 Å². The highest BCUT2D eigenvalue weighted by Gasteiger charge is 2.29. The van der Waals surface area contributed by atoms with Crippen molar-refractivity contribution in [3.63, 3.8) is 0 Å². The van der Waals surface area contributed by atoms with E-state index in [1.807, 2.05) is 13.8 Å². The van der Waals surface area contributed by atoms with Crippen LogP contribution in [0.1, 0.15) is 46.5 Å². The Morgan fingerprint density at radius 2 is 2.05 bits per heavy atom. The molecule has 2 unspecified atom stereocenters.